The van der Waals surface area contributed by atoms with E-state index in [-0.39, 0.29) is 12.2 Å². The Labute approximate surface area is 99.8 Å². The smallest absolute Gasteiger partial charge is 0.379 e. The summed E-state index contributed by atoms with van der Waals surface area (Å²) in [7, 11) is 0. The van der Waals surface area contributed by atoms with Crippen molar-refractivity contribution in [1.29, 1.82) is 0 Å². The fourth-order valence-electron chi connectivity index (χ4n) is 1.39. The van der Waals surface area contributed by atoms with Gasteiger partial charge in [-0.25, -0.2) is 4.39 Å². The largest absolute Gasteiger partial charge is 0.435 e. The summed E-state index contributed by atoms with van der Waals surface area (Å²) in [5, 5.41) is 8.21. The van der Waals surface area contributed by atoms with Crippen LogP contribution < -0.4 is 5.32 Å². The number of nitrogens with zero attached hydrogens (tertiary/aromatic N) is 1. The maximum Gasteiger partial charge on any atom is 0.435 e. The Morgan fingerprint density at radius 1 is 1.22 bits per heavy atom. The third kappa shape index (κ3) is 2.99. The third-order valence-corrected chi connectivity index (χ3v) is 2.23. The molecule has 7 heteroatoms. The maximum atomic E-state index is 12.8. The van der Waals surface area contributed by atoms with E-state index in [0.717, 1.165) is 6.07 Å². The van der Waals surface area contributed by atoms with Gasteiger partial charge < -0.3 is 5.32 Å². The number of aromatic nitrogens is 2. The minimum atomic E-state index is -4.46. The van der Waals surface area contributed by atoms with Gasteiger partial charge in [-0.1, -0.05) is 6.07 Å². The zero-order valence-corrected chi connectivity index (χ0v) is 9.05. The van der Waals surface area contributed by atoms with Gasteiger partial charge in [0.2, 0.25) is 0 Å². The first-order chi connectivity index (χ1) is 8.45. The first kappa shape index (κ1) is 12.4. The van der Waals surface area contributed by atoms with Gasteiger partial charge in [0.1, 0.15) is 5.82 Å². The number of H-pyrrole nitrogens is 1. The molecule has 0 bridgehead atoms. The highest BCUT2D eigenvalue weighted by atomic mass is 19.4. The number of anilines is 1. The van der Waals surface area contributed by atoms with Crippen LogP contribution in [0.25, 0.3) is 0 Å². The van der Waals surface area contributed by atoms with Gasteiger partial charge in [-0.05, 0) is 24.3 Å². The molecule has 1 aromatic carbocycles. The van der Waals surface area contributed by atoms with Crippen LogP contribution in [0.3, 0.4) is 0 Å². The number of hydrogen-bond donors (Lipinski definition) is 2. The molecule has 0 radical (unpaired) electrons. The van der Waals surface area contributed by atoms with Crippen LogP contribution in [0.5, 0.6) is 0 Å². The molecule has 0 saturated carbocycles. The number of alkyl halides is 3. The lowest BCUT2D eigenvalue weighted by molar-refractivity contribution is -0.141. The Balaban J connectivity index is 2.01. The Morgan fingerprint density at radius 3 is 2.61 bits per heavy atom. The molecule has 0 aliphatic heterocycles. The van der Waals surface area contributed by atoms with Crippen LogP contribution in [0, 0.1) is 5.82 Å². The lowest BCUT2D eigenvalue weighted by atomic mass is 10.3. The summed E-state index contributed by atoms with van der Waals surface area (Å²) in [4.78, 5) is 0. The Kier molecular flexibility index (Phi) is 3.22. The standard InChI is InChI=1S/C11H9F4N3/c12-7-2-1-3-8(4-7)16-6-9-5-10(18-17-9)11(13,14)15/h1-5,16H,6H2,(H,17,18). The average Bonchev–Trinajstić information content (AvgIpc) is 2.74. The molecule has 0 saturated heterocycles. The monoisotopic (exact) mass is 259 g/mol. The minimum absolute atomic E-state index is 0.104. The maximum absolute atomic E-state index is 12.8. The van der Waals surface area contributed by atoms with Gasteiger partial charge in [0.15, 0.2) is 5.69 Å². The molecular weight excluding hydrogens is 250 g/mol. The highest BCUT2D eigenvalue weighted by Crippen LogP contribution is 2.27. The molecule has 0 aliphatic carbocycles. The highest BCUT2D eigenvalue weighted by Gasteiger charge is 2.33. The molecule has 0 amide bonds. The van der Waals surface area contributed by atoms with Gasteiger partial charge >= 0.3 is 6.18 Å². The van der Waals surface area contributed by atoms with E-state index >= 15 is 0 Å². The van der Waals surface area contributed by atoms with Crippen molar-refractivity contribution < 1.29 is 17.6 Å². The third-order valence-electron chi connectivity index (χ3n) is 2.23. The van der Waals surface area contributed by atoms with Crippen molar-refractivity contribution in [2.75, 3.05) is 5.32 Å². The Morgan fingerprint density at radius 2 is 2.00 bits per heavy atom. The van der Waals surface area contributed by atoms with E-state index in [4.69, 9.17) is 0 Å². The second-order valence-electron chi connectivity index (χ2n) is 3.64. The second kappa shape index (κ2) is 4.67. The van der Waals surface area contributed by atoms with Crippen LogP contribution in [0.15, 0.2) is 30.3 Å². The fourth-order valence-corrected chi connectivity index (χ4v) is 1.39. The molecule has 0 spiro atoms. The van der Waals surface area contributed by atoms with Crippen molar-refractivity contribution in [3.8, 4) is 0 Å². The first-order valence-corrected chi connectivity index (χ1v) is 5.06. The molecule has 2 N–H and O–H groups in total. The van der Waals surface area contributed by atoms with E-state index in [1.807, 2.05) is 0 Å². The van der Waals surface area contributed by atoms with Crippen molar-refractivity contribution >= 4 is 5.69 Å². The second-order valence-corrected chi connectivity index (χ2v) is 3.64. The normalized spacial score (nSPS) is 11.6. The molecule has 18 heavy (non-hydrogen) atoms. The molecule has 0 unspecified atom stereocenters. The highest BCUT2D eigenvalue weighted by molar-refractivity contribution is 5.43. The molecule has 1 aromatic heterocycles. The molecular formula is C11H9F4N3. The van der Waals surface area contributed by atoms with Gasteiger partial charge in [0.05, 0.1) is 12.2 Å². The van der Waals surface area contributed by atoms with Gasteiger partial charge in [-0.2, -0.15) is 18.3 Å². The lowest BCUT2D eigenvalue weighted by Crippen LogP contribution is -2.04. The van der Waals surface area contributed by atoms with E-state index in [1.54, 1.807) is 6.07 Å². The van der Waals surface area contributed by atoms with Crippen molar-refractivity contribution in [2.24, 2.45) is 0 Å². The topological polar surface area (TPSA) is 40.7 Å². The van der Waals surface area contributed by atoms with Crippen molar-refractivity contribution in [2.45, 2.75) is 12.7 Å². The summed E-state index contributed by atoms with van der Waals surface area (Å²) in [6.45, 7) is 0.104. The van der Waals surface area contributed by atoms with Crippen LogP contribution in [0.2, 0.25) is 0 Å². The van der Waals surface area contributed by atoms with Crippen molar-refractivity contribution in [3.05, 3.63) is 47.5 Å². The Bertz CT molecular complexity index is 533. The SMILES string of the molecule is Fc1cccc(NCc2cc(C(F)(F)F)n[nH]2)c1. The number of halogens is 4. The predicted octanol–water partition coefficient (Wildman–Crippen LogP) is 3.18. The van der Waals surface area contributed by atoms with Crippen LogP contribution in [-0.4, -0.2) is 10.2 Å². The van der Waals surface area contributed by atoms with Crippen molar-refractivity contribution in [1.82, 2.24) is 10.2 Å². The summed E-state index contributed by atoms with van der Waals surface area (Å²) in [5.41, 5.74) is -0.219. The molecule has 2 aromatic rings. The zero-order chi connectivity index (χ0) is 13.2. The number of aromatic amines is 1. The fraction of sp³-hybridized carbons (Fsp3) is 0.182. The minimum Gasteiger partial charge on any atom is -0.379 e. The van der Waals surface area contributed by atoms with Gasteiger partial charge in [-0.15, -0.1) is 0 Å². The molecule has 0 aliphatic rings. The van der Waals surface area contributed by atoms with Gasteiger partial charge in [0.25, 0.3) is 0 Å². The molecule has 0 atom stereocenters. The Hall–Kier alpha value is -2.05. The van der Waals surface area contributed by atoms with Crippen molar-refractivity contribution in [3.63, 3.8) is 0 Å². The summed E-state index contributed by atoms with van der Waals surface area (Å²) < 4.78 is 49.6. The number of nitrogens with one attached hydrogen (secondary N) is 2. The summed E-state index contributed by atoms with van der Waals surface area (Å²) in [6.07, 6.45) is -4.46. The van der Waals surface area contributed by atoms with E-state index in [9.17, 15) is 17.6 Å². The number of hydrogen-bond acceptors (Lipinski definition) is 2. The van der Waals surface area contributed by atoms with E-state index in [0.29, 0.717) is 5.69 Å². The zero-order valence-electron chi connectivity index (χ0n) is 9.05. The van der Waals surface area contributed by atoms with Crippen LogP contribution in [-0.2, 0) is 12.7 Å². The molecule has 2 rings (SSSR count). The predicted molar refractivity (Wildman–Crippen MR) is 57.3 cm³/mol. The van der Waals surface area contributed by atoms with E-state index < -0.39 is 17.7 Å². The molecule has 1 heterocycles. The van der Waals surface area contributed by atoms with Crippen LogP contribution in [0.4, 0.5) is 23.2 Å². The molecule has 96 valence electrons. The van der Waals surface area contributed by atoms with Gasteiger partial charge in [0, 0.05) is 5.69 Å². The van der Waals surface area contributed by atoms with E-state index in [1.165, 1.54) is 18.2 Å². The van der Waals surface area contributed by atoms with E-state index in [2.05, 4.69) is 15.5 Å². The number of rotatable bonds is 3. The van der Waals surface area contributed by atoms with Gasteiger partial charge in [-0.3, -0.25) is 5.10 Å². The first-order valence-electron chi connectivity index (χ1n) is 5.06. The average molecular weight is 259 g/mol. The number of benzene rings is 1. The quantitative estimate of drug-likeness (QED) is 0.831. The summed E-state index contributed by atoms with van der Waals surface area (Å²) in [5.74, 6) is -0.416. The molecule has 0 fully saturated rings. The summed E-state index contributed by atoms with van der Waals surface area (Å²) in [6, 6.07) is 6.56. The van der Waals surface area contributed by atoms with Crippen LogP contribution >= 0.6 is 0 Å². The lowest BCUT2D eigenvalue weighted by Gasteiger charge is -2.04. The summed E-state index contributed by atoms with van der Waals surface area (Å²) >= 11 is 0. The molecule has 3 nitrogen and oxygen atoms in total. The van der Waals surface area contributed by atoms with Crippen LogP contribution in [0.1, 0.15) is 11.4 Å².